The number of benzene rings is 1. The smallest absolute Gasteiger partial charge is 0.407 e. The Morgan fingerprint density at radius 3 is 2.23 bits per heavy atom. The molecule has 4 saturated heterocycles. The summed E-state index contributed by atoms with van der Waals surface area (Å²) in [6.07, 6.45) is 5.41. The topological polar surface area (TPSA) is 189 Å². The van der Waals surface area contributed by atoms with Crippen LogP contribution in [0.3, 0.4) is 0 Å². The highest BCUT2D eigenvalue weighted by Gasteiger charge is 2.63. The minimum absolute atomic E-state index is 0.0109. The molecule has 2 spiro atoms. The zero-order valence-electron chi connectivity index (χ0n) is 40.5. The summed E-state index contributed by atoms with van der Waals surface area (Å²) >= 11 is 0. The van der Waals surface area contributed by atoms with E-state index in [2.05, 4.69) is 26.1 Å². The van der Waals surface area contributed by atoms with Crippen LogP contribution in [0.15, 0.2) is 42.5 Å². The van der Waals surface area contributed by atoms with Crippen LogP contribution in [0.25, 0.3) is 0 Å². The zero-order valence-corrected chi connectivity index (χ0v) is 40.5. The second-order valence-electron chi connectivity index (χ2n) is 20.4. The van der Waals surface area contributed by atoms with Gasteiger partial charge in [-0.1, -0.05) is 79.7 Å². The summed E-state index contributed by atoms with van der Waals surface area (Å²) in [5, 5.41) is 36.0. The van der Waals surface area contributed by atoms with Gasteiger partial charge < -0.3 is 53.8 Å². The number of alkyl carbamates (subject to hydrolysis) is 1. The minimum atomic E-state index is -1.41. The lowest BCUT2D eigenvalue weighted by atomic mass is 9.72. The van der Waals surface area contributed by atoms with Crippen LogP contribution in [-0.4, -0.2) is 112 Å². The first-order valence-corrected chi connectivity index (χ1v) is 24.6. The van der Waals surface area contributed by atoms with E-state index in [0.717, 1.165) is 6.42 Å². The molecule has 0 bridgehead atoms. The first-order chi connectivity index (χ1) is 30.8. The van der Waals surface area contributed by atoms with Crippen molar-refractivity contribution in [2.75, 3.05) is 13.2 Å². The maximum absolute atomic E-state index is 14.7. The number of para-hydroxylation sites is 1. The van der Waals surface area contributed by atoms with Gasteiger partial charge in [-0.25, -0.2) is 4.79 Å². The molecule has 18 atom stereocenters. The summed E-state index contributed by atoms with van der Waals surface area (Å²) in [7, 11) is 0. The second-order valence-corrected chi connectivity index (χ2v) is 20.4. The van der Waals surface area contributed by atoms with Crippen LogP contribution in [0.5, 0.6) is 5.75 Å². The van der Waals surface area contributed by atoms with Crippen molar-refractivity contribution in [1.29, 1.82) is 0 Å². The number of amides is 1. The molecule has 5 heterocycles. The number of aliphatic carboxylic acids is 1. The van der Waals surface area contributed by atoms with Gasteiger partial charge >= 0.3 is 12.1 Å². The molecule has 0 saturated carbocycles. The Morgan fingerprint density at radius 1 is 0.877 bits per heavy atom. The predicted octanol–water partition coefficient (Wildman–Crippen LogP) is 8.00. The molecule has 6 rings (SSSR count). The van der Waals surface area contributed by atoms with Crippen LogP contribution in [0.1, 0.15) is 133 Å². The number of ether oxygens (including phenoxy) is 7. The number of aliphatic hydroxyl groups excluding tert-OH is 1. The van der Waals surface area contributed by atoms with Gasteiger partial charge in [-0.2, -0.15) is 0 Å². The van der Waals surface area contributed by atoms with Crippen molar-refractivity contribution in [3.8, 4) is 5.75 Å². The number of carbonyl (C=O) groups excluding carboxylic acids is 2. The van der Waals surface area contributed by atoms with Crippen molar-refractivity contribution in [1.82, 2.24) is 5.32 Å². The summed E-state index contributed by atoms with van der Waals surface area (Å²) < 4.78 is 45.8. The van der Waals surface area contributed by atoms with E-state index in [0.29, 0.717) is 63.5 Å². The standard InChI is InChI=1S/C51H79NO13/c1-11-37(46(55)56)39-20-19-30(4)44(62-39)34(8)42(53)33(7)43(54)38(12-2)45-31(5)29-32(6)50(63-45)24-21-40(52-47(57)60-28-27-59-36-17-15-14-16-18-36)51(65-50)26-25-48(10,64-51)41-22-23-49(58,13-3)35(9)61-41/h14-18,21,24,30-35,37-42,44-45,53,58H,11-13,19-20,22-23,25-29H2,1-10H3,(H,52,57)(H,55,56)/t30-,31-,32+,33-,34-,35-,37+,38?,39+,40+,41+,42+,44+,45-,48-,49+,50-,51-/m0/s1. The molecule has 14 nitrogen and oxygen atoms in total. The van der Waals surface area contributed by atoms with E-state index in [-0.39, 0.29) is 42.9 Å². The number of nitrogens with one attached hydrogen (secondary N) is 1. The van der Waals surface area contributed by atoms with Gasteiger partial charge in [0.05, 0.1) is 53.7 Å². The normalized spacial score (nSPS) is 39.5. The van der Waals surface area contributed by atoms with Crippen LogP contribution >= 0.6 is 0 Å². The average Bonchev–Trinajstić information content (AvgIpc) is 3.63. The highest BCUT2D eigenvalue weighted by molar-refractivity contribution is 5.84. The van der Waals surface area contributed by atoms with Crippen molar-refractivity contribution in [2.45, 2.75) is 199 Å². The Kier molecular flexibility index (Phi) is 16.6. The number of carboxylic acid groups (broad SMARTS) is 1. The summed E-state index contributed by atoms with van der Waals surface area (Å²) in [5.41, 5.74) is -1.78. The van der Waals surface area contributed by atoms with Gasteiger partial charge in [0.25, 0.3) is 0 Å². The predicted molar refractivity (Wildman–Crippen MR) is 243 cm³/mol. The largest absolute Gasteiger partial charge is 0.490 e. The average molecular weight is 914 g/mol. The minimum Gasteiger partial charge on any atom is -0.490 e. The van der Waals surface area contributed by atoms with Crippen molar-refractivity contribution in [3.05, 3.63) is 42.5 Å². The number of ketones is 1. The molecule has 5 aliphatic heterocycles. The second kappa shape index (κ2) is 21.0. The fraction of sp³-hybridized carbons (Fsp3) is 0.784. The van der Waals surface area contributed by atoms with Crippen molar-refractivity contribution >= 4 is 17.8 Å². The Hall–Kier alpha value is -3.11. The Morgan fingerprint density at radius 2 is 1.58 bits per heavy atom. The fourth-order valence-electron chi connectivity index (χ4n) is 11.6. The van der Waals surface area contributed by atoms with E-state index in [4.69, 9.17) is 33.2 Å². The van der Waals surface area contributed by atoms with Crippen molar-refractivity contribution in [2.24, 2.45) is 41.4 Å². The highest BCUT2D eigenvalue weighted by Crippen LogP contribution is 2.54. The van der Waals surface area contributed by atoms with Crippen LogP contribution in [0.2, 0.25) is 0 Å². The zero-order chi connectivity index (χ0) is 47.5. The Bertz CT molecular complexity index is 1800. The number of aliphatic hydroxyl groups is 2. The van der Waals surface area contributed by atoms with E-state index in [9.17, 15) is 29.7 Å². The van der Waals surface area contributed by atoms with Crippen molar-refractivity contribution < 1.29 is 62.9 Å². The lowest BCUT2D eigenvalue weighted by molar-refractivity contribution is -0.398. The number of carboxylic acids is 1. The van der Waals surface area contributed by atoms with Gasteiger partial charge in [0, 0.05) is 30.1 Å². The molecular weight excluding hydrogens is 835 g/mol. The quantitative estimate of drug-likeness (QED) is 0.0871. The molecule has 0 aromatic heterocycles. The molecule has 4 fully saturated rings. The fourth-order valence-corrected chi connectivity index (χ4v) is 11.6. The molecule has 1 aromatic rings. The third kappa shape index (κ3) is 10.8. The number of carbonyl (C=O) groups is 3. The molecule has 0 radical (unpaired) electrons. The molecule has 0 aliphatic carbocycles. The van der Waals surface area contributed by atoms with E-state index < -0.39 is 95.1 Å². The van der Waals surface area contributed by atoms with E-state index in [1.54, 1.807) is 6.92 Å². The first-order valence-electron chi connectivity index (χ1n) is 24.6. The van der Waals surface area contributed by atoms with Crippen LogP contribution in [0.4, 0.5) is 4.79 Å². The molecule has 1 unspecified atom stereocenters. The molecular formula is C51H79NO13. The maximum atomic E-state index is 14.7. The third-order valence-corrected chi connectivity index (χ3v) is 16.1. The summed E-state index contributed by atoms with van der Waals surface area (Å²) in [4.78, 5) is 40.2. The molecule has 1 amide bonds. The third-order valence-electron chi connectivity index (χ3n) is 16.1. The molecule has 14 heteroatoms. The van der Waals surface area contributed by atoms with Crippen LogP contribution < -0.4 is 10.1 Å². The van der Waals surface area contributed by atoms with Gasteiger partial charge in [-0.3, -0.25) is 9.59 Å². The van der Waals surface area contributed by atoms with E-state index >= 15 is 0 Å². The summed E-state index contributed by atoms with van der Waals surface area (Å²) in [6, 6.07) is 8.51. The van der Waals surface area contributed by atoms with Gasteiger partial charge in [0.2, 0.25) is 0 Å². The molecule has 366 valence electrons. The molecule has 1 aromatic carbocycles. The lowest BCUT2D eigenvalue weighted by Crippen LogP contribution is -2.65. The SMILES string of the molecule is CCC(C(=O)[C@@H](C)[C@@H](O)[C@H](C)[C@@H]1O[C@@H]([C@@H](CC)C(=O)O)CC[C@@H]1C)[C@H]1O[C@]2(C=C[C@@H](NC(=O)OCCOc3ccccc3)[C@]3(CC[C@@](C)([C@H]4CC[C@](O)(CC)[C@H](C)O4)O3)O2)[C@H](C)C[C@@H]1C. The first kappa shape index (κ1) is 51.3. The highest BCUT2D eigenvalue weighted by atomic mass is 16.8. The van der Waals surface area contributed by atoms with Gasteiger partial charge in [-0.05, 0) is 102 Å². The summed E-state index contributed by atoms with van der Waals surface area (Å²) in [6.45, 7) is 19.7. The Labute approximate surface area is 386 Å². The number of hydrogen-bond donors (Lipinski definition) is 4. The van der Waals surface area contributed by atoms with Crippen LogP contribution in [0, 0.1) is 41.4 Å². The monoisotopic (exact) mass is 914 g/mol. The molecule has 4 N–H and O–H groups in total. The van der Waals surface area contributed by atoms with Gasteiger partial charge in [0.1, 0.15) is 30.8 Å². The van der Waals surface area contributed by atoms with Crippen molar-refractivity contribution in [3.63, 3.8) is 0 Å². The van der Waals surface area contributed by atoms with Gasteiger partial charge in [-0.15, -0.1) is 0 Å². The molecule has 65 heavy (non-hydrogen) atoms. The van der Waals surface area contributed by atoms with Crippen LogP contribution in [-0.2, 0) is 38.0 Å². The number of Topliss-reactive ketones (excluding diaryl/α,β-unsaturated/α-hetero) is 1. The van der Waals surface area contributed by atoms with Gasteiger partial charge in [0.15, 0.2) is 11.6 Å². The number of rotatable bonds is 17. The summed E-state index contributed by atoms with van der Waals surface area (Å²) in [5.74, 6) is -5.61. The number of hydrogen-bond acceptors (Lipinski definition) is 12. The molecule has 5 aliphatic rings. The van der Waals surface area contributed by atoms with E-state index in [1.165, 1.54) is 0 Å². The maximum Gasteiger partial charge on any atom is 0.407 e. The lowest BCUT2D eigenvalue weighted by Gasteiger charge is -2.55. The van der Waals surface area contributed by atoms with E-state index in [1.807, 2.05) is 84.0 Å². The Balaban J connectivity index is 1.21.